The molecule has 0 spiro atoms. The van der Waals surface area contributed by atoms with Crippen molar-refractivity contribution in [3.05, 3.63) is 60.7 Å². The zero-order chi connectivity index (χ0) is 23.3. The van der Waals surface area contributed by atoms with Gasteiger partial charge in [0.25, 0.3) is 0 Å². The third-order valence-corrected chi connectivity index (χ3v) is 4.92. The molecule has 0 heterocycles. The van der Waals surface area contributed by atoms with Crippen molar-refractivity contribution in [2.75, 3.05) is 0 Å². The normalized spacial score (nSPS) is 9.76. The molecule has 0 atom stereocenters. The molecule has 0 aromatic heterocycles. The Bertz CT molecular complexity index is 656. The zero-order valence-electron chi connectivity index (χ0n) is 20.4. The summed E-state index contributed by atoms with van der Waals surface area (Å²) in [5.74, 6) is 1.03. The first-order valence-corrected chi connectivity index (χ1v) is 12.2. The number of hydrogen-bond acceptors (Lipinski definition) is 4. The average molecular weight is 559 g/mol. The van der Waals surface area contributed by atoms with Gasteiger partial charge in [-0.25, -0.2) is 0 Å². The summed E-state index contributed by atoms with van der Waals surface area (Å²) in [7, 11) is 0. The monoisotopic (exact) mass is 560 g/mol. The van der Waals surface area contributed by atoms with Gasteiger partial charge in [-0.15, -0.1) is 0 Å². The second kappa shape index (κ2) is 22.0. The van der Waals surface area contributed by atoms with Gasteiger partial charge in [-0.1, -0.05) is 102 Å². The predicted octanol–water partition coefficient (Wildman–Crippen LogP) is 7.52. The SMILES string of the molecule is CCCCCCCC(=O)Oc1ccccc1.CCCCCCCC(=O)Oc1ccccc1.[Sn]. The Hall–Kier alpha value is -1.82. The topological polar surface area (TPSA) is 52.6 Å². The molecule has 0 saturated carbocycles. The second-order valence-electron chi connectivity index (χ2n) is 7.90. The van der Waals surface area contributed by atoms with Crippen molar-refractivity contribution in [3.63, 3.8) is 0 Å². The van der Waals surface area contributed by atoms with Crippen LogP contribution in [0.4, 0.5) is 0 Å². The fraction of sp³-hybridized carbons (Fsp3) is 0.500. The number of carbonyl (C=O) groups excluding carboxylic acids is 2. The summed E-state index contributed by atoms with van der Waals surface area (Å²) in [6.45, 7) is 4.37. The van der Waals surface area contributed by atoms with Crippen LogP contribution in [0.1, 0.15) is 90.9 Å². The molecular formula is C28H40O4Sn. The minimum Gasteiger partial charge on any atom is -0.427 e. The third-order valence-electron chi connectivity index (χ3n) is 4.92. The molecule has 2 aromatic rings. The van der Waals surface area contributed by atoms with Crippen LogP contribution in [-0.2, 0) is 9.59 Å². The van der Waals surface area contributed by atoms with Gasteiger partial charge in [0.05, 0.1) is 0 Å². The van der Waals surface area contributed by atoms with E-state index in [1.54, 1.807) is 24.3 Å². The van der Waals surface area contributed by atoms with Gasteiger partial charge in [0.1, 0.15) is 11.5 Å². The van der Waals surface area contributed by atoms with Crippen molar-refractivity contribution < 1.29 is 19.1 Å². The molecule has 0 amide bonds. The minimum atomic E-state index is -0.123. The van der Waals surface area contributed by atoms with Crippen molar-refractivity contribution in [2.24, 2.45) is 0 Å². The maximum Gasteiger partial charge on any atom is 0.311 e. The van der Waals surface area contributed by atoms with E-state index in [-0.39, 0.29) is 35.8 Å². The van der Waals surface area contributed by atoms with Gasteiger partial charge < -0.3 is 9.47 Å². The standard InChI is InChI=1S/2C14H20O2.Sn/c2*1-2-3-4-5-9-12-14(15)16-13-10-7-6-8-11-13;/h2*6-8,10-11H,2-5,9,12H2,1H3;. The van der Waals surface area contributed by atoms with Crippen molar-refractivity contribution in [2.45, 2.75) is 90.9 Å². The molecule has 5 heteroatoms. The predicted molar refractivity (Wildman–Crippen MR) is 137 cm³/mol. The molecule has 0 aliphatic rings. The Morgan fingerprint density at radius 2 is 0.879 bits per heavy atom. The van der Waals surface area contributed by atoms with Gasteiger partial charge >= 0.3 is 11.9 Å². The van der Waals surface area contributed by atoms with E-state index in [2.05, 4.69) is 13.8 Å². The zero-order valence-corrected chi connectivity index (χ0v) is 23.2. The van der Waals surface area contributed by atoms with E-state index in [0.29, 0.717) is 24.3 Å². The van der Waals surface area contributed by atoms with Crippen LogP contribution in [0.5, 0.6) is 11.5 Å². The molecule has 4 nitrogen and oxygen atoms in total. The number of para-hydroxylation sites is 2. The summed E-state index contributed by atoms with van der Waals surface area (Å²) in [5, 5.41) is 0. The van der Waals surface area contributed by atoms with E-state index in [1.807, 2.05) is 36.4 Å². The quantitative estimate of drug-likeness (QED) is 0.104. The fourth-order valence-corrected chi connectivity index (χ4v) is 3.09. The van der Waals surface area contributed by atoms with Crippen LogP contribution in [0.25, 0.3) is 0 Å². The molecule has 2 aromatic carbocycles. The molecule has 0 fully saturated rings. The number of carbonyl (C=O) groups is 2. The summed E-state index contributed by atoms with van der Waals surface area (Å²) >= 11 is 0. The third kappa shape index (κ3) is 18.3. The number of benzene rings is 2. The molecule has 2 rings (SSSR count). The molecule has 0 saturated heterocycles. The Morgan fingerprint density at radius 3 is 1.21 bits per heavy atom. The maximum atomic E-state index is 11.4. The van der Waals surface area contributed by atoms with E-state index in [9.17, 15) is 9.59 Å². The van der Waals surface area contributed by atoms with E-state index in [1.165, 1.54) is 38.5 Å². The van der Waals surface area contributed by atoms with Gasteiger partial charge in [-0.3, -0.25) is 9.59 Å². The van der Waals surface area contributed by atoms with Crippen LogP contribution in [0.3, 0.4) is 0 Å². The van der Waals surface area contributed by atoms with Crippen LogP contribution in [0, 0.1) is 0 Å². The van der Waals surface area contributed by atoms with E-state index in [4.69, 9.17) is 9.47 Å². The number of ether oxygens (including phenoxy) is 2. The van der Waals surface area contributed by atoms with Crippen molar-refractivity contribution in [3.8, 4) is 11.5 Å². The largest absolute Gasteiger partial charge is 0.427 e. The Labute approximate surface area is 217 Å². The molecule has 0 aliphatic heterocycles. The van der Waals surface area contributed by atoms with Crippen LogP contribution in [0.2, 0.25) is 0 Å². The van der Waals surface area contributed by atoms with Crippen LogP contribution < -0.4 is 9.47 Å². The Kier molecular flexibility index (Phi) is 20.8. The van der Waals surface area contributed by atoms with E-state index in [0.717, 1.165) is 25.7 Å². The fourth-order valence-electron chi connectivity index (χ4n) is 3.09. The van der Waals surface area contributed by atoms with Gasteiger partial charge in [0, 0.05) is 36.7 Å². The van der Waals surface area contributed by atoms with Crippen LogP contribution in [0.15, 0.2) is 60.7 Å². The van der Waals surface area contributed by atoms with Crippen molar-refractivity contribution in [1.29, 1.82) is 0 Å². The Morgan fingerprint density at radius 1 is 0.545 bits per heavy atom. The number of unbranched alkanes of at least 4 members (excludes halogenated alkanes) is 8. The summed E-state index contributed by atoms with van der Waals surface area (Å²) < 4.78 is 10.4. The minimum absolute atomic E-state index is 0. The van der Waals surface area contributed by atoms with Crippen molar-refractivity contribution >= 4 is 35.8 Å². The summed E-state index contributed by atoms with van der Waals surface area (Å²) in [4.78, 5) is 22.8. The first-order valence-electron chi connectivity index (χ1n) is 12.2. The second-order valence-corrected chi connectivity index (χ2v) is 7.90. The smallest absolute Gasteiger partial charge is 0.311 e. The van der Waals surface area contributed by atoms with E-state index >= 15 is 0 Å². The van der Waals surface area contributed by atoms with Gasteiger partial charge in [-0.2, -0.15) is 0 Å². The van der Waals surface area contributed by atoms with Crippen molar-refractivity contribution in [1.82, 2.24) is 0 Å². The molecular weight excluding hydrogens is 519 g/mol. The molecule has 0 N–H and O–H groups in total. The molecule has 33 heavy (non-hydrogen) atoms. The molecule has 0 unspecified atom stereocenters. The maximum absolute atomic E-state index is 11.4. The first kappa shape index (κ1) is 31.2. The van der Waals surface area contributed by atoms with E-state index < -0.39 is 0 Å². The van der Waals surface area contributed by atoms with Gasteiger partial charge in [0.2, 0.25) is 0 Å². The summed E-state index contributed by atoms with van der Waals surface area (Å²) in [6, 6.07) is 18.5. The number of rotatable bonds is 14. The summed E-state index contributed by atoms with van der Waals surface area (Å²) in [6.07, 6.45) is 12.6. The molecule has 0 aliphatic carbocycles. The molecule has 180 valence electrons. The van der Waals surface area contributed by atoms with Crippen LogP contribution in [-0.4, -0.2) is 35.8 Å². The first-order chi connectivity index (χ1) is 15.7. The van der Waals surface area contributed by atoms with Gasteiger partial charge in [0.15, 0.2) is 0 Å². The number of hydrogen-bond donors (Lipinski definition) is 0. The molecule has 0 bridgehead atoms. The van der Waals surface area contributed by atoms with Crippen LogP contribution >= 0.6 is 0 Å². The summed E-state index contributed by atoms with van der Waals surface area (Å²) in [5.41, 5.74) is 0. The van der Waals surface area contributed by atoms with Gasteiger partial charge in [-0.05, 0) is 37.1 Å². The number of esters is 2. The molecule has 4 radical (unpaired) electrons. The Balaban J connectivity index is 0.000000602. The average Bonchev–Trinajstić information content (AvgIpc) is 2.80.